The molecule has 9 heteroatoms. The molecule has 1 heterocycles. The number of amides is 1. The van der Waals surface area contributed by atoms with Crippen molar-refractivity contribution in [1.82, 2.24) is 4.72 Å². The summed E-state index contributed by atoms with van der Waals surface area (Å²) in [5.41, 5.74) is 0.237. The Kier molecular flexibility index (Phi) is 5.33. The predicted octanol–water partition coefficient (Wildman–Crippen LogP) is 3.29. The SMILES string of the molecule is O=C(Nc1ccc(F)c(F)c1)c1ccc(S(=O)(=O)NCc2ccco2)cc1. The first-order valence-electron chi connectivity index (χ1n) is 7.74. The Labute approximate surface area is 153 Å². The van der Waals surface area contributed by atoms with E-state index in [4.69, 9.17) is 4.42 Å². The van der Waals surface area contributed by atoms with E-state index < -0.39 is 27.6 Å². The lowest BCUT2D eigenvalue weighted by Crippen LogP contribution is -2.23. The average molecular weight is 392 g/mol. The molecule has 27 heavy (non-hydrogen) atoms. The molecular formula is C18H14F2N2O4S. The summed E-state index contributed by atoms with van der Waals surface area (Å²) < 4.78 is 58.0. The number of hydrogen-bond donors (Lipinski definition) is 2. The normalized spacial score (nSPS) is 11.3. The van der Waals surface area contributed by atoms with Gasteiger partial charge in [0, 0.05) is 17.3 Å². The minimum atomic E-state index is -3.78. The highest BCUT2D eigenvalue weighted by Gasteiger charge is 2.16. The zero-order valence-electron chi connectivity index (χ0n) is 13.8. The molecule has 0 saturated carbocycles. The summed E-state index contributed by atoms with van der Waals surface area (Å²) in [6, 6.07) is 11.4. The summed E-state index contributed by atoms with van der Waals surface area (Å²) in [6.45, 7) is -0.00625. The van der Waals surface area contributed by atoms with Crippen molar-refractivity contribution in [1.29, 1.82) is 0 Å². The van der Waals surface area contributed by atoms with Crippen LogP contribution in [0, 0.1) is 11.6 Å². The Balaban J connectivity index is 1.68. The number of nitrogens with one attached hydrogen (secondary N) is 2. The van der Waals surface area contributed by atoms with Gasteiger partial charge in [-0.25, -0.2) is 21.9 Å². The van der Waals surface area contributed by atoms with Crippen LogP contribution in [0.4, 0.5) is 14.5 Å². The molecule has 0 bridgehead atoms. The van der Waals surface area contributed by atoms with Crippen LogP contribution >= 0.6 is 0 Å². The fraction of sp³-hybridized carbons (Fsp3) is 0.0556. The Bertz CT molecular complexity index is 1050. The predicted molar refractivity (Wildman–Crippen MR) is 93.5 cm³/mol. The molecule has 2 N–H and O–H groups in total. The Morgan fingerprint density at radius 1 is 1.00 bits per heavy atom. The number of benzene rings is 2. The van der Waals surface area contributed by atoms with E-state index in [0.717, 1.165) is 12.1 Å². The van der Waals surface area contributed by atoms with Gasteiger partial charge in [-0.2, -0.15) is 0 Å². The van der Waals surface area contributed by atoms with Crippen molar-refractivity contribution >= 4 is 21.6 Å². The van der Waals surface area contributed by atoms with E-state index in [1.165, 1.54) is 36.6 Å². The largest absolute Gasteiger partial charge is 0.468 e. The molecule has 1 amide bonds. The second-order valence-electron chi connectivity index (χ2n) is 5.51. The number of hydrogen-bond acceptors (Lipinski definition) is 4. The fourth-order valence-electron chi connectivity index (χ4n) is 2.23. The maximum atomic E-state index is 13.2. The van der Waals surface area contributed by atoms with Crippen molar-refractivity contribution in [2.24, 2.45) is 0 Å². The Morgan fingerprint density at radius 3 is 2.37 bits per heavy atom. The lowest BCUT2D eigenvalue weighted by atomic mass is 10.2. The van der Waals surface area contributed by atoms with Gasteiger partial charge in [0.25, 0.3) is 5.91 Å². The first-order chi connectivity index (χ1) is 12.8. The van der Waals surface area contributed by atoms with E-state index in [2.05, 4.69) is 10.0 Å². The van der Waals surface area contributed by atoms with E-state index in [-0.39, 0.29) is 22.7 Å². The highest BCUT2D eigenvalue weighted by molar-refractivity contribution is 7.89. The van der Waals surface area contributed by atoms with Gasteiger partial charge in [0.2, 0.25) is 10.0 Å². The van der Waals surface area contributed by atoms with Crippen LogP contribution in [0.15, 0.2) is 70.2 Å². The summed E-state index contributed by atoms with van der Waals surface area (Å²) in [6.07, 6.45) is 1.43. The van der Waals surface area contributed by atoms with Crippen molar-refractivity contribution in [3.8, 4) is 0 Å². The summed E-state index contributed by atoms with van der Waals surface area (Å²) >= 11 is 0. The van der Waals surface area contributed by atoms with Crippen molar-refractivity contribution in [2.45, 2.75) is 11.4 Å². The standard InChI is InChI=1S/C18H14F2N2O4S/c19-16-8-5-13(10-17(16)20)22-18(23)12-3-6-15(7-4-12)27(24,25)21-11-14-2-1-9-26-14/h1-10,21H,11H2,(H,22,23). The molecule has 0 aliphatic heterocycles. The summed E-state index contributed by atoms with van der Waals surface area (Å²) in [7, 11) is -3.78. The molecule has 140 valence electrons. The molecule has 1 aromatic heterocycles. The average Bonchev–Trinajstić information content (AvgIpc) is 3.17. The second kappa shape index (κ2) is 7.68. The smallest absolute Gasteiger partial charge is 0.255 e. The van der Waals surface area contributed by atoms with Crippen LogP contribution in [0.1, 0.15) is 16.1 Å². The molecule has 0 saturated heterocycles. The number of carbonyl (C=O) groups is 1. The molecule has 0 atom stereocenters. The van der Waals surface area contributed by atoms with Gasteiger partial charge >= 0.3 is 0 Å². The molecule has 3 rings (SSSR count). The third-order valence-corrected chi connectivity index (χ3v) is 5.04. The summed E-state index contributed by atoms with van der Waals surface area (Å²) in [4.78, 5) is 12.1. The highest BCUT2D eigenvalue weighted by Crippen LogP contribution is 2.16. The van der Waals surface area contributed by atoms with Crippen molar-refractivity contribution in [2.75, 3.05) is 5.32 Å². The van der Waals surface area contributed by atoms with E-state index in [1.54, 1.807) is 12.1 Å². The van der Waals surface area contributed by atoms with Gasteiger partial charge in [0.15, 0.2) is 11.6 Å². The monoisotopic (exact) mass is 392 g/mol. The summed E-state index contributed by atoms with van der Waals surface area (Å²) in [5.74, 6) is -2.24. The minimum Gasteiger partial charge on any atom is -0.468 e. The maximum Gasteiger partial charge on any atom is 0.255 e. The maximum absolute atomic E-state index is 13.2. The van der Waals surface area contributed by atoms with Gasteiger partial charge in [-0.05, 0) is 48.5 Å². The lowest BCUT2D eigenvalue weighted by Gasteiger charge is -2.08. The topological polar surface area (TPSA) is 88.4 Å². The molecule has 0 aliphatic carbocycles. The van der Waals surface area contributed by atoms with Crippen LogP contribution in [0.2, 0.25) is 0 Å². The van der Waals surface area contributed by atoms with Gasteiger partial charge in [-0.3, -0.25) is 4.79 Å². The van der Waals surface area contributed by atoms with Gasteiger partial charge in [-0.15, -0.1) is 0 Å². The molecular weight excluding hydrogens is 378 g/mol. The molecule has 0 fully saturated rings. The van der Waals surface area contributed by atoms with E-state index in [9.17, 15) is 22.0 Å². The molecule has 0 aliphatic rings. The number of rotatable bonds is 6. The third kappa shape index (κ3) is 4.57. The first kappa shape index (κ1) is 18.7. The summed E-state index contributed by atoms with van der Waals surface area (Å²) in [5, 5.41) is 2.41. The van der Waals surface area contributed by atoms with Crippen LogP contribution in [0.3, 0.4) is 0 Å². The number of carbonyl (C=O) groups excluding carboxylic acids is 1. The van der Waals surface area contributed by atoms with E-state index in [0.29, 0.717) is 5.76 Å². The Morgan fingerprint density at radius 2 is 1.74 bits per heavy atom. The highest BCUT2D eigenvalue weighted by atomic mass is 32.2. The molecule has 0 spiro atoms. The van der Waals surface area contributed by atoms with Crippen molar-refractivity contribution in [3.05, 3.63) is 83.8 Å². The van der Waals surface area contributed by atoms with Crippen LogP contribution in [0.25, 0.3) is 0 Å². The number of anilines is 1. The number of halogens is 2. The zero-order chi connectivity index (χ0) is 19.4. The van der Waals surface area contributed by atoms with Gasteiger partial charge in [0.05, 0.1) is 17.7 Å². The van der Waals surface area contributed by atoms with Crippen LogP contribution in [0.5, 0.6) is 0 Å². The molecule has 0 unspecified atom stereocenters. The van der Waals surface area contributed by atoms with Crippen LogP contribution < -0.4 is 10.0 Å². The quantitative estimate of drug-likeness (QED) is 0.674. The Hall–Kier alpha value is -3.04. The van der Waals surface area contributed by atoms with Crippen molar-refractivity contribution < 1.29 is 26.4 Å². The second-order valence-corrected chi connectivity index (χ2v) is 7.28. The minimum absolute atomic E-state index is 0.00625. The zero-order valence-corrected chi connectivity index (χ0v) is 14.6. The molecule has 0 radical (unpaired) electrons. The number of sulfonamides is 1. The van der Waals surface area contributed by atoms with Crippen LogP contribution in [-0.2, 0) is 16.6 Å². The molecule has 6 nitrogen and oxygen atoms in total. The van der Waals surface area contributed by atoms with E-state index >= 15 is 0 Å². The van der Waals surface area contributed by atoms with Crippen LogP contribution in [-0.4, -0.2) is 14.3 Å². The van der Waals surface area contributed by atoms with E-state index in [1.807, 2.05) is 0 Å². The lowest BCUT2D eigenvalue weighted by molar-refractivity contribution is 0.102. The van der Waals surface area contributed by atoms with Gasteiger partial charge < -0.3 is 9.73 Å². The fourth-order valence-corrected chi connectivity index (χ4v) is 3.22. The number of furan rings is 1. The molecule has 2 aromatic carbocycles. The van der Waals surface area contributed by atoms with Crippen molar-refractivity contribution in [3.63, 3.8) is 0 Å². The van der Waals surface area contributed by atoms with Gasteiger partial charge in [-0.1, -0.05) is 0 Å². The van der Waals surface area contributed by atoms with Gasteiger partial charge in [0.1, 0.15) is 5.76 Å². The third-order valence-electron chi connectivity index (χ3n) is 3.62. The first-order valence-corrected chi connectivity index (χ1v) is 9.22. The molecule has 3 aromatic rings.